The number of furan rings is 1. The van der Waals surface area contributed by atoms with Crippen molar-refractivity contribution in [3.8, 4) is 0 Å². The molecule has 0 fully saturated rings. The molecular formula is C14H10Cl2O5. The lowest BCUT2D eigenvalue weighted by Gasteiger charge is -2.16. The molecule has 1 aromatic carbocycles. The number of halogens is 2. The van der Waals surface area contributed by atoms with E-state index in [1.54, 1.807) is 0 Å². The second-order valence-corrected chi connectivity index (χ2v) is 4.86. The average Bonchev–Trinajstić information content (AvgIpc) is 2.96. The van der Waals surface area contributed by atoms with E-state index >= 15 is 0 Å². The van der Waals surface area contributed by atoms with Crippen molar-refractivity contribution in [2.75, 3.05) is 7.11 Å². The quantitative estimate of drug-likeness (QED) is 0.801. The van der Waals surface area contributed by atoms with Gasteiger partial charge in [-0.3, -0.25) is 0 Å². The minimum absolute atomic E-state index is 0.0305. The molecule has 110 valence electrons. The molecule has 21 heavy (non-hydrogen) atoms. The van der Waals surface area contributed by atoms with E-state index in [0.29, 0.717) is 15.6 Å². The second-order valence-electron chi connectivity index (χ2n) is 3.99. The Labute approximate surface area is 130 Å². The zero-order valence-electron chi connectivity index (χ0n) is 10.8. The summed E-state index contributed by atoms with van der Waals surface area (Å²) in [6, 6.07) is 7.37. The third kappa shape index (κ3) is 3.77. The number of hydrogen-bond donors (Lipinski definition) is 0. The summed E-state index contributed by atoms with van der Waals surface area (Å²) in [4.78, 5) is 23.7. The maximum atomic E-state index is 11.9. The van der Waals surface area contributed by atoms with Crippen molar-refractivity contribution in [3.63, 3.8) is 0 Å². The second kappa shape index (κ2) is 6.65. The number of ether oxygens (including phenoxy) is 2. The first-order valence-electron chi connectivity index (χ1n) is 5.79. The van der Waals surface area contributed by atoms with Crippen molar-refractivity contribution in [1.82, 2.24) is 0 Å². The molecule has 2 aromatic rings. The fraction of sp³-hybridized carbons (Fsp3) is 0.143. The predicted molar refractivity (Wildman–Crippen MR) is 75.3 cm³/mol. The molecule has 0 radical (unpaired) electrons. The van der Waals surface area contributed by atoms with Crippen molar-refractivity contribution in [3.05, 3.63) is 58.0 Å². The van der Waals surface area contributed by atoms with Crippen molar-refractivity contribution in [2.24, 2.45) is 0 Å². The summed E-state index contributed by atoms with van der Waals surface area (Å²) in [5.41, 5.74) is 0.305. The van der Waals surface area contributed by atoms with Crippen molar-refractivity contribution in [1.29, 1.82) is 0 Å². The fourth-order valence-corrected chi connectivity index (χ4v) is 2.19. The van der Waals surface area contributed by atoms with E-state index in [0.717, 1.165) is 0 Å². The summed E-state index contributed by atoms with van der Waals surface area (Å²) in [6.07, 6.45) is 0.0313. The summed E-state index contributed by atoms with van der Waals surface area (Å²) >= 11 is 11.8. The maximum Gasteiger partial charge on any atom is 0.375 e. The lowest BCUT2D eigenvalue weighted by atomic mass is 10.1. The summed E-state index contributed by atoms with van der Waals surface area (Å²) in [6.45, 7) is 0. The molecule has 2 rings (SSSR count). The maximum absolute atomic E-state index is 11.9. The molecule has 5 nitrogen and oxygen atoms in total. The summed E-state index contributed by atoms with van der Waals surface area (Å²) in [5, 5.41) is 0.612. The zero-order chi connectivity index (χ0) is 15.4. The van der Waals surface area contributed by atoms with Gasteiger partial charge in [-0.15, -0.1) is 0 Å². The number of carbonyl (C=O) groups excluding carboxylic acids is 2. The Bertz CT molecular complexity index is 631. The van der Waals surface area contributed by atoms with Crippen molar-refractivity contribution < 1.29 is 23.5 Å². The van der Waals surface area contributed by atoms with Crippen LogP contribution >= 0.6 is 23.2 Å². The summed E-state index contributed by atoms with van der Waals surface area (Å²) in [7, 11) is 1.18. The summed E-state index contributed by atoms with van der Waals surface area (Å²) in [5.74, 6) is -1.59. The molecule has 0 unspecified atom stereocenters. The Hall–Kier alpha value is -1.98. The summed E-state index contributed by atoms with van der Waals surface area (Å²) < 4.78 is 14.7. The number of esters is 2. The minimum atomic E-state index is -1.29. The minimum Gasteiger partial charge on any atom is -0.466 e. The Balaban J connectivity index is 2.30. The average molecular weight is 329 g/mol. The van der Waals surface area contributed by atoms with Gasteiger partial charge in [0, 0.05) is 15.6 Å². The van der Waals surface area contributed by atoms with Gasteiger partial charge in [-0.05, 0) is 30.3 Å². The topological polar surface area (TPSA) is 65.7 Å². The number of methoxy groups -OCH3 is 1. The van der Waals surface area contributed by atoms with Crippen LogP contribution in [0.2, 0.25) is 10.0 Å². The molecule has 0 N–H and O–H groups in total. The third-order valence-corrected chi connectivity index (χ3v) is 2.99. The van der Waals surface area contributed by atoms with Crippen molar-refractivity contribution >= 4 is 35.1 Å². The van der Waals surface area contributed by atoms with Crippen LogP contribution in [0.3, 0.4) is 0 Å². The molecule has 7 heteroatoms. The first-order valence-corrected chi connectivity index (χ1v) is 6.55. The van der Waals surface area contributed by atoms with E-state index in [2.05, 4.69) is 4.74 Å². The van der Waals surface area contributed by atoms with Gasteiger partial charge < -0.3 is 13.9 Å². The van der Waals surface area contributed by atoms with Crippen LogP contribution in [0.1, 0.15) is 22.2 Å². The van der Waals surface area contributed by atoms with E-state index < -0.39 is 18.0 Å². The molecule has 0 aliphatic heterocycles. The van der Waals surface area contributed by atoms with Crippen molar-refractivity contribution in [2.45, 2.75) is 6.10 Å². The third-order valence-electron chi connectivity index (χ3n) is 2.55. The van der Waals surface area contributed by atoms with Crippen LogP contribution in [-0.2, 0) is 14.3 Å². The highest BCUT2D eigenvalue weighted by atomic mass is 35.5. The molecule has 0 amide bonds. The molecule has 0 saturated heterocycles. The van der Waals surface area contributed by atoms with Gasteiger partial charge in [0.1, 0.15) is 0 Å². The Kier molecular flexibility index (Phi) is 4.88. The van der Waals surface area contributed by atoms with E-state index in [-0.39, 0.29) is 5.76 Å². The normalized spacial score (nSPS) is 11.8. The van der Waals surface area contributed by atoms with Crippen LogP contribution in [0.15, 0.2) is 41.0 Å². The predicted octanol–water partition coefficient (Wildman–Crippen LogP) is 3.66. The van der Waals surface area contributed by atoms with Gasteiger partial charge in [-0.2, -0.15) is 0 Å². The van der Waals surface area contributed by atoms with Crippen LogP contribution in [-0.4, -0.2) is 19.0 Å². The number of benzene rings is 1. The molecule has 0 aliphatic rings. The Morgan fingerprint density at radius 1 is 1.19 bits per heavy atom. The number of carbonyl (C=O) groups is 2. The fourth-order valence-electron chi connectivity index (χ4n) is 1.65. The first kappa shape index (κ1) is 15.4. The Morgan fingerprint density at radius 3 is 2.38 bits per heavy atom. The van der Waals surface area contributed by atoms with Crippen LogP contribution in [0, 0.1) is 0 Å². The van der Waals surface area contributed by atoms with Gasteiger partial charge in [0.2, 0.25) is 11.9 Å². The number of rotatable bonds is 4. The van der Waals surface area contributed by atoms with Gasteiger partial charge in [0.05, 0.1) is 13.4 Å². The molecule has 0 aliphatic carbocycles. The van der Waals surface area contributed by atoms with Gasteiger partial charge in [-0.1, -0.05) is 23.2 Å². The molecule has 1 atom stereocenters. The lowest BCUT2D eigenvalue weighted by Crippen LogP contribution is -2.21. The van der Waals surface area contributed by atoms with Gasteiger partial charge in [0.25, 0.3) is 0 Å². The molecular weight excluding hydrogens is 319 g/mol. The highest BCUT2D eigenvalue weighted by Gasteiger charge is 2.28. The first-order chi connectivity index (χ1) is 10.0. The van der Waals surface area contributed by atoms with E-state index in [1.165, 1.54) is 43.7 Å². The standard InChI is InChI=1S/C14H10Cl2O5/c1-19-14(18)12(8-5-9(15)7-10(16)6-8)21-13(17)11-3-2-4-20-11/h2-7,12H,1H3/t12-/m0/s1. The van der Waals surface area contributed by atoms with Crippen LogP contribution in [0.25, 0.3) is 0 Å². The largest absolute Gasteiger partial charge is 0.466 e. The SMILES string of the molecule is COC(=O)[C@@H](OC(=O)c1ccco1)c1cc(Cl)cc(Cl)c1. The molecule has 1 heterocycles. The smallest absolute Gasteiger partial charge is 0.375 e. The monoisotopic (exact) mass is 328 g/mol. The highest BCUT2D eigenvalue weighted by Crippen LogP contribution is 2.27. The van der Waals surface area contributed by atoms with E-state index in [9.17, 15) is 9.59 Å². The molecule has 0 bridgehead atoms. The molecule has 0 spiro atoms. The van der Waals surface area contributed by atoms with E-state index in [1.807, 2.05) is 0 Å². The van der Waals surface area contributed by atoms with E-state index in [4.69, 9.17) is 32.4 Å². The van der Waals surface area contributed by atoms with Gasteiger partial charge >= 0.3 is 11.9 Å². The zero-order valence-corrected chi connectivity index (χ0v) is 12.4. The van der Waals surface area contributed by atoms with Crippen LogP contribution < -0.4 is 0 Å². The van der Waals surface area contributed by atoms with Crippen LogP contribution in [0.4, 0.5) is 0 Å². The number of hydrogen-bond acceptors (Lipinski definition) is 5. The molecule has 0 saturated carbocycles. The van der Waals surface area contributed by atoms with Crippen LogP contribution in [0.5, 0.6) is 0 Å². The lowest BCUT2D eigenvalue weighted by molar-refractivity contribution is -0.151. The Morgan fingerprint density at radius 2 is 1.86 bits per heavy atom. The highest BCUT2D eigenvalue weighted by molar-refractivity contribution is 6.34. The molecule has 1 aromatic heterocycles. The van der Waals surface area contributed by atoms with Gasteiger partial charge in [-0.25, -0.2) is 9.59 Å². The van der Waals surface area contributed by atoms with Gasteiger partial charge in [0.15, 0.2) is 0 Å².